The Kier molecular flexibility index (Phi) is 6.15. The molecule has 0 radical (unpaired) electrons. The lowest BCUT2D eigenvalue weighted by Crippen LogP contribution is -2.33. The Bertz CT molecular complexity index is 823. The van der Waals surface area contributed by atoms with Crippen LogP contribution in [0, 0.1) is 17.2 Å². The number of nitriles is 1. The molecule has 0 saturated carbocycles. The van der Waals surface area contributed by atoms with Gasteiger partial charge in [0.1, 0.15) is 6.07 Å². The minimum atomic E-state index is 0.551. The van der Waals surface area contributed by atoms with Gasteiger partial charge in [0.15, 0.2) is 11.5 Å². The summed E-state index contributed by atoms with van der Waals surface area (Å²) in [5.74, 6) is 1.93. The molecule has 1 saturated heterocycles. The maximum absolute atomic E-state index is 9.56. The van der Waals surface area contributed by atoms with Crippen LogP contribution in [0.3, 0.4) is 0 Å². The number of nitrogens with one attached hydrogen (secondary N) is 1. The monoisotopic (exact) mass is 366 g/mol. The average molecular weight is 366 g/mol. The molecule has 1 fully saturated rings. The normalized spacial score (nSPS) is 15.2. The highest BCUT2D eigenvalue weighted by molar-refractivity contribution is 5.82. The van der Waals surface area contributed by atoms with Gasteiger partial charge in [0, 0.05) is 24.5 Å². The number of anilines is 1. The second-order valence-corrected chi connectivity index (χ2v) is 6.92. The number of methoxy groups -OCH3 is 2. The molecule has 6 heteroatoms. The number of hydrogen-bond donors (Lipinski definition) is 1. The fraction of sp³-hybridized carbons (Fsp3) is 0.429. The molecule has 3 rings (SSSR count). The number of likely N-dealkylation sites (tertiary alicyclic amines) is 1. The van der Waals surface area contributed by atoms with Crippen molar-refractivity contribution in [2.24, 2.45) is 5.92 Å². The zero-order chi connectivity index (χ0) is 19.2. The second kappa shape index (κ2) is 8.74. The van der Waals surface area contributed by atoms with Crippen molar-refractivity contribution in [3.63, 3.8) is 0 Å². The van der Waals surface area contributed by atoms with Crippen LogP contribution in [-0.4, -0.2) is 50.8 Å². The largest absolute Gasteiger partial charge is 0.493 e. The predicted molar refractivity (Wildman–Crippen MR) is 106 cm³/mol. The van der Waals surface area contributed by atoms with Crippen molar-refractivity contribution in [2.45, 2.75) is 12.8 Å². The number of pyridine rings is 1. The number of piperidine rings is 1. The van der Waals surface area contributed by atoms with Gasteiger partial charge in [-0.1, -0.05) is 6.07 Å². The van der Waals surface area contributed by atoms with Crippen LogP contribution >= 0.6 is 0 Å². The van der Waals surface area contributed by atoms with Crippen molar-refractivity contribution in [3.05, 3.63) is 36.2 Å². The highest BCUT2D eigenvalue weighted by Crippen LogP contribution is 2.36. The molecule has 142 valence electrons. The van der Waals surface area contributed by atoms with Gasteiger partial charge in [0.05, 0.1) is 25.5 Å². The number of benzene rings is 1. The molecule has 1 aliphatic rings. The minimum Gasteiger partial charge on any atom is -0.493 e. The minimum absolute atomic E-state index is 0.551. The Balaban J connectivity index is 1.89. The second-order valence-electron chi connectivity index (χ2n) is 6.92. The Labute approximate surface area is 160 Å². The van der Waals surface area contributed by atoms with Crippen molar-refractivity contribution in [1.29, 1.82) is 5.26 Å². The van der Waals surface area contributed by atoms with Crippen LogP contribution in [-0.2, 0) is 0 Å². The van der Waals surface area contributed by atoms with E-state index in [4.69, 9.17) is 9.47 Å². The van der Waals surface area contributed by atoms with E-state index < -0.39 is 0 Å². The number of rotatable bonds is 6. The van der Waals surface area contributed by atoms with Crippen LogP contribution in [0.2, 0.25) is 0 Å². The maximum Gasteiger partial charge on any atom is 0.161 e. The zero-order valence-corrected chi connectivity index (χ0v) is 16.2. The highest BCUT2D eigenvalue weighted by Gasteiger charge is 2.19. The molecule has 0 amide bonds. The average Bonchev–Trinajstić information content (AvgIpc) is 2.72. The van der Waals surface area contributed by atoms with Crippen LogP contribution in [0.25, 0.3) is 11.1 Å². The quantitative estimate of drug-likeness (QED) is 0.845. The van der Waals surface area contributed by atoms with Crippen molar-refractivity contribution in [1.82, 2.24) is 9.88 Å². The third kappa shape index (κ3) is 4.32. The molecule has 0 unspecified atom stereocenters. The molecular weight excluding hydrogens is 340 g/mol. The number of aromatic nitrogens is 1. The molecule has 2 heterocycles. The lowest BCUT2D eigenvalue weighted by atomic mass is 9.96. The summed E-state index contributed by atoms with van der Waals surface area (Å²) in [5, 5.41) is 13.1. The molecule has 1 N–H and O–H groups in total. The summed E-state index contributed by atoms with van der Waals surface area (Å²) in [6.07, 6.45) is 5.74. The van der Waals surface area contributed by atoms with Crippen LogP contribution in [0.4, 0.5) is 5.69 Å². The summed E-state index contributed by atoms with van der Waals surface area (Å²) in [6.45, 7) is 3.10. The van der Waals surface area contributed by atoms with Crippen LogP contribution in [0.5, 0.6) is 11.5 Å². The molecule has 0 bridgehead atoms. The van der Waals surface area contributed by atoms with Crippen LogP contribution in [0.15, 0.2) is 30.6 Å². The first-order chi connectivity index (χ1) is 13.2. The number of ether oxygens (including phenoxy) is 2. The molecule has 1 aromatic heterocycles. The van der Waals surface area contributed by atoms with Crippen LogP contribution < -0.4 is 14.8 Å². The van der Waals surface area contributed by atoms with Crippen LogP contribution in [0.1, 0.15) is 18.4 Å². The van der Waals surface area contributed by atoms with Gasteiger partial charge in [0.2, 0.25) is 0 Å². The molecule has 0 aliphatic carbocycles. The zero-order valence-electron chi connectivity index (χ0n) is 16.2. The first-order valence-electron chi connectivity index (χ1n) is 9.19. The van der Waals surface area contributed by atoms with E-state index in [1.165, 1.54) is 12.8 Å². The van der Waals surface area contributed by atoms with Crippen molar-refractivity contribution < 1.29 is 9.47 Å². The summed E-state index contributed by atoms with van der Waals surface area (Å²) in [5.41, 5.74) is 3.21. The van der Waals surface area contributed by atoms with E-state index in [9.17, 15) is 5.26 Å². The molecule has 0 atom stereocenters. The SMILES string of the molecule is COc1ccc(-c2cncc(C#N)c2NCC2CCN(C)CC2)cc1OC. The van der Waals surface area contributed by atoms with E-state index in [0.29, 0.717) is 23.0 Å². The lowest BCUT2D eigenvalue weighted by molar-refractivity contribution is 0.226. The Morgan fingerprint density at radius 3 is 2.59 bits per heavy atom. The van der Waals surface area contributed by atoms with Gasteiger partial charge in [-0.15, -0.1) is 0 Å². The summed E-state index contributed by atoms with van der Waals surface area (Å²) in [7, 11) is 5.39. The first kappa shape index (κ1) is 19.0. The number of hydrogen-bond acceptors (Lipinski definition) is 6. The van der Waals surface area contributed by atoms with Crippen molar-refractivity contribution >= 4 is 5.69 Å². The molecule has 2 aromatic rings. The smallest absolute Gasteiger partial charge is 0.161 e. The van der Waals surface area contributed by atoms with Gasteiger partial charge in [-0.3, -0.25) is 4.98 Å². The topological polar surface area (TPSA) is 70.4 Å². The van der Waals surface area contributed by atoms with Gasteiger partial charge in [-0.05, 0) is 56.6 Å². The summed E-state index contributed by atoms with van der Waals surface area (Å²) < 4.78 is 10.7. The highest BCUT2D eigenvalue weighted by atomic mass is 16.5. The van der Waals surface area contributed by atoms with Crippen molar-refractivity contribution in [2.75, 3.05) is 46.2 Å². The third-order valence-electron chi connectivity index (χ3n) is 5.17. The Morgan fingerprint density at radius 1 is 1.19 bits per heavy atom. The molecule has 6 nitrogen and oxygen atoms in total. The van der Waals surface area contributed by atoms with E-state index >= 15 is 0 Å². The molecular formula is C21H26N4O2. The standard InChI is InChI=1S/C21H26N4O2/c1-25-8-6-15(7-9-25)12-24-21-17(11-22)13-23-14-18(21)16-4-5-19(26-2)20(10-16)27-3/h4-5,10,13-15H,6-9,12H2,1-3H3,(H,23,24). The Hall–Kier alpha value is -2.78. The van der Waals surface area contributed by atoms with E-state index in [1.807, 2.05) is 18.2 Å². The van der Waals surface area contributed by atoms with Gasteiger partial charge in [0.25, 0.3) is 0 Å². The number of nitrogens with zero attached hydrogens (tertiary/aromatic N) is 3. The van der Waals surface area contributed by atoms with E-state index in [2.05, 4.69) is 28.3 Å². The predicted octanol–water partition coefficient (Wildman–Crippen LogP) is 3.39. The van der Waals surface area contributed by atoms with E-state index in [-0.39, 0.29) is 0 Å². The maximum atomic E-state index is 9.56. The molecule has 27 heavy (non-hydrogen) atoms. The summed E-state index contributed by atoms with van der Waals surface area (Å²) in [4.78, 5) is 6.61. The fourth-order valence-electron chi connectivity index (χ4n) is 3.47. The van der Waals surface area contributed by atoms with Crippen molar-refractivity contribution in [3.8, 4) is 28.7 Å². The summed E-state index contributed by atoms with van der Waals surface area (Å²) >= 11 is 0. The Morgan fingerprint density at radius 2 is 1.93 bits per heavy atom. The molecule has 0 spiro atoms. The fourth-order valence-corrected chi connectivity index (χ4v) is 3.47. The summed E-state index contributed by atoms with van der Waals surface area (Å²) in [6, 6.07) is 8.00. The third-order valence-corrected chi connectivity index (χ3v) is 5.17. The first-order valence-corrected chi connectivity index (χ1v) is 9.19. The van der Waals surface area contributed by atoms with Gasteiger partial charge in [-0.2, -0.15) is 5.26 Å². The molecule has 1 aliphatic heterocycles. The van der Waals surface area contributed by atoms with Gasteiger partial charge < -0.3 is 19.7 Å². The van der Waals surface area contributed by atoms with Gasteiger partial charge in [-0.25, -0.2) is 0 Å². The lowest BCUT2D eigenvalue weighted by Gasteiger charge is -2.29. The molecule has 1 aromatic carbocycles. The van der Waals surface area contributed by atoms with E-state index in [0.717, 1.165) is 36.4 Å². The van der Waals surface area contributed by atoms with Gasteiger partial charge >= 0.3 is 0 Å². The van der Waals surface area contributed by atoms with E-state index in [1.54, 1.807) is 26.6 Å².